The summed E-state index contributed by atoms with van der Waals surface area (Å²) >= 11 is 0. The van der Waals surface area contributed by atoms with Gasteiger partial charge in [0.1, 0.15) is 12.1 Å². The Morgan fingerprint density at radius 1 is 0.929 bits per heavy atom. The van der Waals surface area contributed by atoms with E-state index in [0.717, 1.165) is 42.9 Å². The standard InChI is InChI=1S/C23H26N4O/c1-3-14-27(15-4-2)23(28)19-10-12-20(13-11-19)26-22-16-21(24-17-25-22)18-8-6-5-7-9-18/h5-13,16-17H,3-4,14-15H2,1-2H3,(H,24,25,26). The number of anilines is 2. The number of amides is 1. The van der Waals surface area contributed by atoms with Crippen LogP contribution in [0, 0.1) is 0 Å². The van der Waals surface area contributed by atoms with E-state index in [9.17, 15) is 4.79 Å². The summed E-state index contributed by atoms with van der Waals surface area (Å²) in [5.74, 6) is 0.801. The molecule has 5 heteroatoms. The summed E-state index contributed by atoms with van der Waals surface area (Å²) < 4.78 is 0. The third-order valence-corrected chi connectivity index (χ3v) is 4.42. The largest absolute Gasteiger partial charge is 0.340 e. The van der Waals surface area contributed by atoms with Gasteiger partial charge in [-0.2, -0.15) is 0 Å². The van der Waals surface area contributed by atoms with Crippen LogP contribution in [0.4, 0.5) is 11.5 Å². The molecule has 0 aliphatic carbocycles. The monoisotopic (exact) mass is 374 g/mol. The van der Waals surface area contributed by atoms with Gasteiger partial charge >= 0.3 is 0 Å². The number of aromatic nitrogens is 2. The van der Waals surface area contributed by atoms with Crippen LogP contribution in [-0.2, 0) is 0 Å². The molecule has 0 saturated carbocycles. The predicted octanol–water partition coefficient (Wildman–Crippen LogP) is 5.15. The number of hydrogen-bond donors (Lipinski definition) is 1. The summed E-state index contributed by atoms with van der Waals surface area (Å²) in [5.41, 5.74) is 3.49. The maximum atomic E-state index is 12.7. The lowest BCUT2D eigenvalue weighted by molar-refractivity contribution is 0.0755. The van der Waals surface area contributed by atoms with E-state index in [2.05, 4.69) is 29.1 Å². The van der Waals surface area contributed by atoms with Crippen LogP contribution < -0.4 is 5.32 Å². The van der Waals surface area contributed by atoms with E-state index in [1.54, 1.807) is 6.33 Å². The number of hydrogen-bond acceptors (Lipinski definition) is 4. The highest BCUT2D eigenvalue weighted by Gasteiger charge is 2.14. The van der Waals surface area contributed by atoms with Crippen molar-refractivity contribution in [3.63, 3.8) is 0 Å². The Morgan fingerprint density at radius 3 is 2.25 bits per heavy atom. The molecular formula is C23H26N4O. The van der Waals surface area contributed by atoms with Gasteiger partial charge in [-0.15, -0.1) is 0 Å². The van der Waals surface area contributed by atoms with Gasteiger partial charge in [0.25, 0.3) is 5.91 Å². The van der Waals surface area contributed by atoms with Crippen molar-refractivity contribution in [1.82, 2.24) is 14.9 Å². The maximum absolute atomic E-state index is 12.7. The van der Waals surface area contributed by atoms with Crippen molar-refractivity contribution < 1.29 is 4.79 Å². The fourth-order valence-electron chi connectivity index (χ4n) is 3.07. The van der Waals surface area contributed by atoms with Crippen LogP contribution in [0.25, 0.3) is 11.3 Å². The zero-order chi connectivity index (χ0) is 19.8. The van der Waals surface area contributed by atoms with Crippen molar-refractivity contribution in [2.45, 2.75) is 26.7 Å². The van der Waals surface area contributed by atoms with E-state index in [4.69, 9.17) is 0 Å². The molecule has 0 unspecified atom stereocenters. The second-order valence-corrected chi connectivity index (χ2v) is 6.65. The number of benzene rings is 2. The molecule has 2 aromatic carbocycles. The molecule has 28 heavy (non-hydrogen) atoms. The van der Waals surface area contributed by atoms with E-state index < -0.39 is 0 Å². The quantitative estimate of drug-likeness (QED) is 0.592. The van der Waals surface area contributed by atoms with Gasteiger partial charge in [0.15, 0.2) is 0 Å². The van der Waals surface area contributed by atoms with Crippen molar-refractivity contribution in [2.24, 2.45) is 0 Å². The Balaban J connectivity index is 1.72. The summed E-state index contributed by atoms with van der Waals surface area (Å²) in [6, 6.07) is 19.5. The zero-order valence-electron chi connectivity index (χ0n) is 16.4. The number of nitrogens with one attached hydrogen (secondary N) is 1. The van der Waals surface area contributed by atoms with Crippen LogP contribution in [-0.4, -0.2) is 33.9 Å². The molecule has 1 aromatic heterocycles. The van der Waals surface area contributed by atoms with Gasteiger partial charge in [-0.05, 0) is 37.1 Å². The minimum atomic E-state index is 0.0867. The normalized spacial score (nSPS) is 10.5. The smallest absolute Gasteiger partial charge is 0.253 e. The molecule has 1 N–H and O–H groups in total. The van der Waals surface area contributed by atoms with Crippen molar-refractivity contribution in [3.8, 4) is 11.3 Å². The molecular weight excluding hydrogens is 348 g/mol. The van der Waals surface area contributed by atoms with Crippen molar-refractivity contribution in [3.05, 3.63) is 72.6 Å². The van der Waals surface area contributed by atoms with Crippen LogP contribution in [0.1, 0.15) is 37.0 Å². The molecule has 5 nitrogen and oxygen atoms in total. The first-order valence-electron chi connectivity index (χ1n) is 9.75. The van der Waals surface area contributed by atoms with Gasteiger partial charge < -0.3 is 10.2 Å². The van der Waals surface area contributed by atoms with Crippen LogP contribution in [0.2, 0.25) is 0 Å². The lowest BCUT2D eigenvalue weighted by Gasteiger charge is -2.21. The molecule has 144 valence electrons. The molecule has 0 radical (unpaired) electrons. The third kappa shape index (κ3) is 4.94. The van der Waals surface area contributed by atoms with Gasteiger partial charge in [0, 0.05) is 36.0 Å². The summed E-state index contributed by atoms with van der Waals surface area (Å²) in [4.78, 5) is 23.2. The minimum Gasteiger partial charge on any atom is -0.340 e. The molecule has 0 atom stereocenters. The lowest BCUT2D eigenvalue weighted by Crippen LogP contribution is -2.32. The SMILES string of the molecule is CCCN(CCC)C(=O)c1ccc(Nc2cc(-c3ccccc3)ncn2)cc1. The number of nitrogens with zero attached hydrogens (tertiary/aromatic N) is 3. The average molecular weight is 374 g/mol. The molecule has 0 aliphatic rings. The fraction of sp³-hybridized carbons (Fsp3) is 0.261. The summed E-state index contributed by atoms with van der Waals surface area (Å²) in [7, 11) is 0. The number of rotatable bonds is 8. The zero-order valence-corrected chi connectivity index (χ0v) is 16.4. The highest BCUT2D eigenvalue weighted by Crippen LogP contribution is 2.21. The predicted molar refractivity (Wildman–Crippen MR) is 114 cm³/mol. The topological polar surface area (TPSA) is 58.1 Å². The van der Waals surface area contributed by atoms with E-state index in [-0.39, 0.29) is 5.91 Å². The molecule has 0 saturated heterocycles. The number of carbonyl (C=O) groups is 1. The van der Waals surface area contributed by atoms with E-state index in [1.807, 2.05) is 65.6 Å². The fourth-order valence-corrected chi connectivity index (χ4v) is 3.07. The summed E-state index contributed by atoms with van der Waals surface area (Å²) in [5, 5.41) is 3.28. The van der Waals surface area contributed by atoms with Gasteiger partial charge in [-0.25, -0.2) is 9.97 Å². The Morgan fingerprint density at radius 2 is 1.61 bits per heavy atom. The van der Waals surface area contributed by atoms with E-state index in [0.29, 0.717) is 11.4 Å². The Bertz CT molecular complexity index is 888. The van der Waals surface area contributed by atoms with Gasteiger partial charge in [0.2, 0.25) is 0 Å². The first kappa shape index (κ1) is 19.5. The van der Waals surface area contributed by atoms with Crippen molar-refractivity contribution >= 4 is 17.4 Å². The van der Waals surface area contributed by atoms with Crippen molar-refractivity contribution in [1.29, 1.82) is 0 Å². The second-order valence-electron chi connectivity index (χ2n) is 6.65. The Kier molecular flexibility index (Phi) is 6.73. The maximum Gasteiger partial charge on any atom is 0.253 e. The first-order chi connectivity index (χ1) is 13.7. The molecule has 0 spiro atoms. The van der Waals surface area contributed by atoms with Crippen LogP contribution >= 0.6 is 0 Å². The van der Waals surface area contributed by atoms with E-state index >= 15 is 0 Å². The summed E-state index contributed by atoms with van der Waals surface area (Å²) in [6.45, 7) is 5.76. The number of carbonyl (C=O) groups excluding carboxylic acids is 1. The highest BCUT2D eigenvalue weighted by atomic mass is 16.2. The molecule has 0 bridgehead atoms. The molecule has 1 amide bonds. The average Bonchev–Trinajstić information content (AvgIpc) is 2.74. The van der Waals surface area contributed by atoms with Crippen LogP contribution in [0.15, 0.2) is 67.0 Å². The second kappa shape index (κ2) is 9.65. The molecule has 3 rings (SSSR count). The lowest BCUT2D eigenvalue weighted by atomic mass is 10.1. The Hall–Kier alpha value is -3.21. The van der Waals surface area contributed by atoms with Crippen LogP contribution in [0.3, 0.4) is 0 Å². The van der Waals surface area contributed by atoms with Crippen LogP contribution in [0.5, 0.6) is 0 Å². The van der Waals surface area contributed by atoms with E-state index in [1.165, 1.54) is 0 Å². The highest BCUT2D eigenvalue weighted by molar-refractivity contribution is 5.94. The minimum absolute atomic E-state index is 0.0867. The molecule has 0 fully saturated rings. The van der Waals surface area contributed by atoms with Gasteiger partial charge in [-0.3, -0.25) is 4.79 Å². The summed E-state index contributed by atoms with van der Waals surface area (Å²) in [6.07, 6.45) is 3.47. The van der Waals surface area contributed by atoms with Gasteiger partial charge in [-0.1, -0.05) is 44.2 Å². The Labute approximate surface area is 166 Å². The van der Waals surface area contributed by atoms with Gasteiger partial charge in [0.05, 0.1) is 5.69 Å². The third-order valence-electron chi connectivity index (χ3n) is 4.42. The molecule has 1 heterocycles. The molecule has 3 aromatic rings. The molecule has 0 aliphatic heterocycles. The first-order valence-corrected chi connectivity index (χ1v) is 9.75. The van der Waals surface area contributed by atoms with Crippen molar-refractivity contribution in [2.75, 3.05) is 18.4 Å².